The number of rotatable bonds is 2. The summed E-state index contributed by atoms with van der Waals surface area (Å²) >= 11 is 1.18. The van der Waals surface area contributed by atoms with Gasteiger partial charge in [0.25, 0.3) is 5.91 Å². The molecule has 146 valence electrons. The van der Waals surface area contributed by atoms with Gasteiger partial charge in [0.05, 0.1) is 15.8 Å². The van der Waals surface area contributed by atoms with E-state index in [1.54, 1.807) is 17.2 Å². The molecule has 3 aromatic rings. The lowest BCUT2D eigenvalue weighted by Gasteiger charge is -2.36. The summed E-state index contributed by atoms with van der Waals surface area (Å²) in [4.78, 5) is 15.0. The zero-order chi connectivity index (χ0) is 20.0. The van der Waals surface area contributed by atoms with Crippen LogP contribution in [0.4, 0.5) is 8.78 Å². The Bertz CT molecular complexity index is 1040. The van der Waals surface area contributed by atoms with Gasteiger partial charge in [-0.2, -0.15) is 4.37 Å². The van der Waals surface area contributed by atoms with E-state index in [0.29, 0.717) is 28.7 Å². The highest BCUT2D eigenvalue weighted by atomic mass is 32.1. The number of aromatic nitrogens is 1. The highest BCUT2D eigenvalue weighted by Crippen LogP contribution is 2.35. The number of amides is 1. The highest BCUT2D eigenvalue weighted by Gasteiger charge is 2.28. The topological polar surface area (TPSA) is 65.5 Å². The Morgan fingerprint density at radius 3 is 2.46 bits per heavy atom. The summed E-state index contributed by atoms with van der Waals surface area (Å²) in [5.74, 6) is -2.45. The zero-order valence-corrected chi connectivity index (χ0v) is 16.2. The Balaban J connectivity index is 1.84. The second kappa shape index (κ2) is 7.10. The van der Waals surface area contributed by atoms with Crippen molar-refractivity contribution < 1.29 is 18.7 Å². The Hall–Kier alpha value is -2.58. The van der Waals surface area contributed by atoms with Crippen molar-refractivity contribution in [3.63, 3.8) is 0 Å². The molecule has 1 amide bonds. The lowest BCUT2D eigenvalue weighted by Crippen LogP contribution is -2.55. The summed E-state index contributed by atoms with van der Waals surface area (Å²) in [5, 5.41) is 13.4. The number of nitrogens with zero attached hydrogens (tertiary/aromatic N) is 2. The van der Waals surface area contributed by atoms with E-state index in [1.165, 1.54) is 17.6 Å². The maximum Gasteiger partial charge on any atom is 0.255 e. The third-order valence-electron chi connectivity index (χ3n) is 4.84. The summed E-state index contributed by atoms with van der Waals surface area (Å²) in [5.41, 5.74) is 0.340. The molecule has 5 nitrogen and oxygen atoms in total. The fourth-order valence-electron chi connectivity index (χ4n) is 3.79. The third-order valence-corrected chi connectivity index (χ3v) is 5.69. The van der Waals surface area contributed by atoms with Crippen LogP contribution in [0.5, 0.6) is 5.75 Å². The van der Waals surface area contributed by atoms with Gasteiger partial charge in [-0.3, -0.25) is 4.79 Å². The van der Waals surface area contributed by atoms with Crippen molar-refractivity contribution in [1.82, 2.24) is 14.6 Å². The number of phenolic OH excluding ortho intramolecular Hbond substituents is 1. The summed E-state index contributed by atoms with van der Waals surface area (Å²) in [7, 11) is 0. The van der Waals surface area contributed by atoms with Crippen molar-refractivity contribution in [2.75, 3.05) is 13.1 Å². The highest BCUT2D eigenvalue weighted by molar-refractivity contribution is 7.13. The number of halogens is 2. The zero-order valence-electron chi connectivity index (χ0n) is 15.4. The van der Waals surface area contributed by atoms with Crippen LogP contribution in [0.3, 0.4) is 0 Å². The molecule has 1 saturated heterocycles. The predicted molar refractivity (Wildman–Crippen MR) is 105 cm³/mol. The monoisotopic (exact) mass is 403 g/mol. The molecule has 1 aliphatic heterocycles. The van der Waals surface area contributed by atoms with E-state index in [0.717, 1.165) is 12.1 Å². The number of nitrogens with one attached hydrogen (secondary N) is 1. The Morgan fingerprint density at radius 1 is 1.18 bits per heavy atom. The fourth-order valence-corrected chi connectivity index (χ4v) is 4.52. The number of aromatic hydroxyl groups is 1. The number of carbonyl (C=O) groups excluding carboxylic acids is 1. The Morgan fingerprint density at radius 2 is 1.82 bits per heavy atom. The summed E-state index contributed by atoms with van der Waals surface area (Å²) < 4.78 is 33.6. The van der Waals surface area contributed by atoms with Crippen LogP contribution in [-0.2, 0) is 0 Å². The van der Waals surface area contributed by atoms with Gasteiger partial charge in [-0.15, -0.1) is 0 Å². The van der Waals surface area contributed by atoms with Gasteiger partial charge in [0.1, 0.15) is 17.4 Å². The number of fused-ring (bicyclic) bond motifs is 1. The van der Waals surface area contributed by atoms with Crippen LogP contribution in [0.2, 0.25) is 0 Å². The Kier molecular flexibility index (Phi) is 4.76. The van der Waals surface area contributed by atoms with E-state index in [4.69, 9.17) is 0 Å². The molecular formula is C20H19F2N3O2S. The van der Waals surface area contributed by atoms with E-state index in [-0.39, 0.29) is 29.1 Å². The minimum absolute atomic E-state index is 0.153. The van der Waals surface area contributed by atoms with Crippen molar-refractivity contribution in [3.8, 4) is 16.9 Å². The van der Waals surface area contributed by atoms with Gasteiger partial charge >= 0.3 is 0 Å². The first kappa shape index (κ1) is 18.8. The molecule has 1 fully saturated rings. The van der Waals surface area contributed by atoms with Crippen LogP contribution >= 0.6 is 11.5 Å². The van der Waals surface area contributed by atoms with E-state index in [9.17, 15) is 18.7 Å². The van der Waals surface area contributed by atoms with E-state index < -0.39 is 17.4 Å². The molecule has 1 aliphatic rings. The molecule has 1 aromatic heterocycles. The van der Waals surface area contributed by atoms with Crippen LogP contribution < -0.4 is 5.32 Å². The first-order valence-electron chi connectivity index (χ1n) is 8.95. The molecule has 28 heavy (non-hydrogen) atoms. The molecular weight excluding hydrogens is 384 g/mol. The maximum atomic E-state index is 14.4. The van der Waals surface area contributed by atoms with Crippen LogP contribution in [0.25, 0.3) is 21.2 Å². The average molecular weight is 403 g/mol. The molecule has 0 bridgehead atoms. The lowest BCUT2D eigenvalue weighted by molar-refractivity contribution is 0.0676. The lowest BCUT2D eigenvalue weighted by atomic mass is 9.99. The van der Waals surface area contributed by atoms with E-state index in [1.807, 2.05) is 13.8 Å². The van der Waals surface area contributed by atoms with E-state index >= 15 is 0 Å². The predicted octanol–water partition coefficient (Wildman–Crippen LogP) is 3.77. The second-order valence-electron chi connectivity index (χ2n) is 7.23. The molecule has 2 N–H and O–H groups in total. The molecule has 2 heterocycles. The summed E-state index contributed by atoms with van der Waals surface area (Å²) in [6.07, 6.45) is 1.58. The Labute approximate surface area is 164 Å². The van der Waals surface area contributed by atoms with Crippen molar-refractivity contribution >= 4 is 27.5 Å². The van der Waals surface area contributed by atoms with Crippen LogP contribution in [-0.4, -0.2) is 45.5 Å². The van der Waals surface area contributed by atoms with Gasteiger partial charge in [0, 0.05) is 48.9 Å². The minimum atomic E-state index is -0.886. The van der Waals surface area contributed by atoms with Crippen LogP contribution in [0.15, 0.2) is 30.5 Å². The number of carbonyl (C=O) groups is 1. The van der Waals surface area contributed by atoms with Crippen LogP contribution in [0.1, 0.15) is 24.2 Å². The van der Waals surface area contributed by atoms with E-state index in [2.05, 4.69) is 9.69 Å². The van der Waals surface area contributed by atoms with Gasteiger partial charge in [-0.25, -0.2) is 8.78 Å². The van der Waals surface area contributed by atoms with Crippen molar-refractivity contribution in [3.05, 3.63) is 47.7 Å². The molecule has 0 aliphatic carbocycles. The first-order chi connectivity index (χ1) is 13.3. The standard InChI is InChI=1S/C20H19F2N3O2S/c1-10-8-25(9-11(2)24-10)20(27)15-4-12(3-13-7-23-28-19(13)15)18-16(21)5-14(26)6-17(18)22/h3-7,10-11,24,26H,8-9H2,1-2H3. The minimum Gasteiger partial charge on any atom is -0.508 e. The van der Waals surface area contributed by atoms with Crippen molar-refractivity contribution in [1.29, 1.82) is 0 Å². The number of phenols is 1. The number of hydrogen-bond donors (Lipinski definition) is 2. The quantitative estimate of drug-likeness (QED) is 0.684. The second-order valence-corrected chi connectivity index (χ2v) is 8.03. The molecule has 0 radical (unpaired) electrons. The number of piperazine rings is 1. The molecule has 4 rings (SSSR count). The molecule has 0 spiro atoms. The van der Waals surface area contributed by atoms with Crippen molar-refractivity contribution in [2.45, 2.75) is 25.9 Å². The third kappa shape index (κ3) is 3.33. The number of benzene rings is 2. The van der Waals surface area contributed by atoms with Gasteiger partial charge in [-0.1, -0.05) is 0 Å². The van der Waals surface area contributed by atoms with Gasteiger partial charge in [0.2, 0.25) is 0 Å². The fraction of sp³-hybridized carbons (Fsp3) is 0.300. The molecule has 0 saturated carbocycles. The normalized spacial score (nSPS) is 19.9. The van der Waals surface area contributed by atoms with Gasteiger partial charge < -0.3 is 15.3 Å². The van der Waals surface area contributed by atoms with Gasteiger partial charge in [-0.05, 0) is 43.1 Å². The SMILES string of the molecule is CC1CN(C(=O)c2cc(-c3c(F)cc(O)cc3F)cc3cnsc23)CC(C)N1. The molecule has 2 atom stereocenters. The smallest absolute Gasteiger partial charge is 0.255 e. The summed E-state index contributed by atoms with van der Waals surface area (Å²) in [6, 6.07) is 5.14. The van der Waals surface area contributed by atoms with Crippen LogP contribution in [0, 0.1) is 11.6 Å². The van der Waals surface area contributed by atoms with Crippen molar-refractivity contribution in [2.24, 2.45) is 0 Å². The maximum absolute atomic E-state index is 14.4. The molecule has 2 unspecified atom stereocenters. The van der Waals surface area contributed by atoms with Gasteiger partial charge in [0.15, 0.2) is 0 Å². The largest absolute Gasteiger partial charge is 0.508 e. The number of hydrogen-bond acceptors (Lipinski definition) is 5. The molecule has 8 heteroatoms. The average Bonchev–Trinajstić information content (AvgIpc) is 3.07. The summed E-state index contributed by atoms with van der Waals surface area (Å²) in [6.45, 7) is 5.12. The first-order valence-corrected chi connectivity index (χ1v) is 9.73. The molecule has 2 aromatic carbocycles.